The van der Waals surface area contributed by atoms with Crippen LogP contribution in [0.25, 0.3) is 0 Å². The van der Waals surface area contributed by atoms with Crippen molar-refractivity contribution in [1.29, 1.82) is 0 Å². The van der Waals surface area contributed by atoms with Gasteiger partial charge >= 0.3 is 35.8 Å². The zero-order chi connectivity index (χ0) is 79.9. The molecule has 110 heavy (non-hydrogen) atoms. The van der Waals surface area contributed by atoms with E-state index in [4.69, 9.17) is 29.2 Å². The summed E-state index contributed by atoms with van der Waals surface area (Å²) in [6, 6.07) is 8.20. The zero-order valence-corrected chi connectivity index (χ0v) is 68.7. The summed E-state index contributed by atoms with van der Waals surface area (Å²) < 4.78 is 110. The highest BCUT2D eigenvalue weighted by atomic mass is 79.9. The van der Waals surface area contributed by atoms with E-state index in [0.29, 0.717) is 92.8 Å². The molecule has 12 rings (SSSR count). The quantitative estimate of drug-likeness (QED) is 0.0292. The third kappa shape index (κ3) is 18.8. The molecule has 588 valence electrons. The number of hydrogen-bond donors (Lipinski definition) is 6. The molecule has 6 aromatic rings. The second-order valence-electron chi connectivity index (χ2n) is 25.9. The van der Waals surface area contributed by atoms with Crippen LogP contribution in [0.1, 0.15) is 92.2 Å². The number of aryl methyl sites for hydroxylation is 1. The molecule has 0 radical (unpaired) electrons. The van der Waals surface area contributed by atoms with Gasteiger partial charge < -0.3 is 50.0 Å². The lowest BCUT2D eigenvalue weighted by Gasteiger charge is -2.42. The zero-order valence-electron chi connectivity index (χ0n) is 59.9. The average Bonchev–Trinajstić information content (AvgIpc) is 1.14. The first-order valence-electron chi connectivity index (χ1n) is 33.9. The fourth-order valence-electron chi connectivity index (χ4n) is 12.9. The number of rotatable bonds is 21. The third-order valence-corrected chi connectivity index (χ3v) is 27.5. The highest BCUT2D eigenvalue weighted by molar-refractivity contribution is 9.11. The minimum Gasteiger partial charge on any atom is -0.480 e. The standard InChI is InChI=1S/C24H27BrFN5O4S.2C23H24BrFN4O6S2/c1-4-35-22(32)18-17(12-31-9-10-36-13-24(31,2)23(33)34)28-20(21-27-7-8-30(21)3)29-19(18)15-6-5-14(26)11-16(15)25;1-3-35-21(30)17-16(11-29-7-9-37(33,34)12-23(29,2)22(31)32)27-19(20-26-6-8-36-20)28-18(17)14-5-4-13(25)10-15(14)24;1-3-35-23(32)17-16(11-29-7-9-37(33,34)12(2)19(29)22(30)31)27-20(21-26-6-8-36-21)28-18(17)14-5-4-13(25)10-15(14)24/h5-8,11,19H,4,9-10,12-13H2,1-3H3,(H,28,29)(H,33,34);4-6,8,10,18H,3,7,9,11-12H2,1-2H3,(H,27,28)(H,31,32);4-6,8,10,12,18-19H,3,7,9,11H2,1-2H3,(H,27,28)(H,30,31)/t19-,24?;18-,23?;12?,18-,19?/m000/s1. The van der Waals surface area contributed by atoms with Crippen LogP contribution in [-0.2, 0) is 69.7 Å². The van der Waals surface area contributed by atoms with E-state index in [0.717, 1.165) is 5.75 Å². The Bertz CT molecular complexity index is 4990. The van der Waals surface area contributed by atoms with Gasteiger partial charge in [0, 0.05) is 124 Å². The van der Waals surface area contributed by atoms with Gasteiger partial charge in [0.15, 0.2) is 53.0 Å². The Hall–Kier alpha value is -8.06. The molecule has 6 aliphatic heterocycles. The molecule has 3 aromatic heterocycles. The summed E-state index contributed by atoms with van der Waals surface area (Å²) >= 11 is 14.3. The molecule has 6 aliphatic rings. The summed E-state index contributed by atoms with van der Waals surface area (Å²) in [5.74, 6) is -5.07. The van der Waals surface area contributed by atoms with Crippen LogP contribution in [0.2, 0.25) is 0 Å². The van der Waals surface area contributed by atoms with E-state index in [1.807, 2.05) is 11.9 Å². The van der Waals surface area contributed by atoms with Crippen molar-refractivity contribution < 1.29 is 88.3 Å². The number of halogens is 6. The van der Waals surface area contributed by atoms with Gasteiger partial charge in [-0.3, -0.25) is 44.1 Å². The number of nitrogens with one attached hydrogen (secondary N) is 3. The number of thiazole rings is 2. The molecule has 29 nitrogen and oxygen atoms in total. The van der Waals surface area contributed by atoms with Gasteiger partial charge in [0.05, 0.1) is 59.0 Å². The maximum Gasteiger partial charge on any atom is 0.338 e. The average molecular weight is 1810 g/mol. The van der Waals surface area contributed by atoms with Crippen molar-refractivity contribution in [3.8, 4) is 0 Å². The van der Waals surface area contributed by atoms with Crippen molar-refractivity contribution in [3.63, 3.8) is 0 Å². The summed E-state index contributed by atoms with van der Waals surface area (Å²) in [7, 11) is -5.36. The number of esters is 3. The molecule has 40 heteroatoms. The van der Waals surface area contributed by atoms with Gasteiger partial charge in [-0.15, -0.1) is 22.7 Å². The second-order valence-corrected chi connectivity index (χ2v) is 36.0. The number of imidazole rings is 1. The predicted octanol–water partition coefficient (Wildman–Crippen LogP) is 8.17. The van der Waals surface area contributed by atoms with Gasteiger partial charge in [-0.1, -0.05) is 66.0 Å². The Morgan fingerprint density at radius 2 is 1.02 bits per heavy atom. The molecule has 3 saturated heterocycles. The van der Waals surface area contributed by atoms with Crippen LogP contribution < -0.4 is 16.0 Å². The number of aliphatic carboxylic acids is 3. The number of hydrogen-bond acceptors (Lipinski definition) is 28. The minimum atomic E-state index is -3.60. The third-order valence-electron chi connectivity index (χ3n) is 18.7. The first-order valence-corrected chi connectivity index (χ1v) is 42.8. The minimum absolute atomic E-state index is 0.0421. The van der Waals surface area contributed by atoms with Gasteiger partial charge in [-0.05, 0) is 94.6 Å². The fraction of sp³-hybridized carbons (Fsp3) is 0.400. The van der Waals surface area contributed by atoms with Crippen LogP contribution in [0.15, 0.2) is 152 Å². The van der Waals surface area contributed by atoms with Crippen LogP contribution in [0.3, 0.4) is 0 Å². The monoisotopic (exact) mass is 1810 g/mol. The molecular formula is C70H75Br3F3N13O16S5. The lowest BCUT2D eigenvalue weighted by atomic mass is 9.94. The van der Waals surface area contributed by atoms with Crippen molar-refractivity contribution in [3.05, 3.63) is 187 Å². The van der Waals surface area contributed by atoms with Crippen molar-refractivity contribution in [2.24, 2.45) is 22.0 Å². The van der Waals surface area contributed by atoms with E-state index in [1.165, 1.54) is 94.9 Å². The molecule has 9 heterocycles. The van der Waals surface area contributed by atoms with E-state index >= 15 is 0 Å². The number of carbonyl (C=O) groups is 6. The summed E-state index contributed by atoms with van der Waals surface area (Å²) in [5.41, 5.74) is 0.228. The number of amidine groups is 3. The van der Waals surface area contributed by atoms with Crippen molar-refractivity contribution in [2.75, 3.05) is 87.9 Å². The summed E-state index contributed by atoms with van der Waals surface area (Å²) in [5, 5.41) is 42.8. The Balaban J connectivity index is 0.000000176. The first kappa shape index (κ1) is 84.4. The number of ether oxygens (including phenoxy) is 3. The second kappa shape index (κ2) is 35.7. The highest BCUT2D eigenvalue weighted by Crippen LogP contribution is 2.42. The molecule has 0 aliphatic carbocycles. The molecule has 3 fully saturated rings. The van der Waals surface area contributed by atoms with Gasteiger partial charge in [0.2, 0.25) is 0 Å². The van der Waals surface area contributed by atoms with Crippen LogP contribution in [-0.4, -0.2) is 230 Å². The van der Waals surface area contributed by atoms with Gasteiger partial charge in [-0.25, -0.2) is 59.3 Å². The normalized spacial score (nSPS) is 23.4. The van der Waals surface area contributed by atoms with Crippen LogP contribution >= 0.6 is 82.2 Å². The number of thioether (sulfide) groups is 1. The van der Waals surface area contributed by atoms with E-state index in [9.17, 15) is 74.1 Å². The summed E-state index contributed by atoms with van der Waals surface area (Å²) in [4.78, 5) is 109. The molecule has 0 bridgehead atoms. The van der Waals surface area contributed by atoms with Crippen molar-refractivity contribution in [2.45, 2.75) is 82.0 Å². The van der Waals surface area contributed by atoms with Gasteiger partial charge in [0.25, 0.3) is 0 Å². The van der Waals surface area contributed by atoms with E-state index < -0.39 is 119 Å². The summed E-state index contributed by atoms with van der Waals surface area (Å²) in [6.45, 7) is 10.1. The van der Waals surface area contributed by atoms with E-state index in [2.05, 4.69) is 78.7 Å². The Morgan fingerprint density at radius 3 is 1.41 bits per heavy atom. The number of sulfone groups is 2. The molecule has 7 atom stereocenters. The predicted molar refractivity (Wildman–Crippen MR) is 415 cm³/mol. The Kier molecular flexibility index (Phi) is 27.4. The molecule has 3 aromatic carbocycles. The molecule has 0 saturated carbocycles. The Morgan fingerprint density at radius 1 is 0.591 bits per heavy atom. The van der Waals surface area contributed by atoms with Crippen LogP contribution in [0, 0.1) is 17.5 Å². The van der Waals surface area contributed by atoms with Crippen LogP contribution in [0.5, 0.6) is 0 Å². The lowest BCUT2D eigenvalue weighted by Crippen LogP contribution is -2.62. The number of nitrogens with zero attached hydrogens (tertiary/aromatic N) is 10. The number of carbonyl (C=O) groups excluding carboxylic acids is 3. The number of aromatic nitrogens is 4. The maximum atomic E-state index is 13.9. The number of benzene rings is 3. The SMILES string of the molecule is CCOC(=O)C1=C(CN2CCS(=O)(=O)C(C)C2C(=O)O)NC(c2nccs2)=N[C@H]1c1ccc(F)cc1Br.CCOC(=O)C1=C(CN2CCS(=O)(=O)CC2(C)C(=O)O)NC(c2nccs2)=N[C@H]1c1ccc(F)cc1Br.CCOC(=O)C1=C(CN2CCSCC2(C)C(=O)O)NC(c2nccn2C)=N[C@H]1c1ccc(F)cc1Br. The van der Waals surface area contributed by atoms with E-state index in [1.54, 1.807) is 85.6 Å². The molecule has 6 N–H and O–H groups in total. The van der Waals surface area contributed by atoms with Gasteiger partial charge in [0.1, 0.15) is 52.7 Å². The molecule has 4 unspecified atom stereocenters. The number of carboxylic acids is 3. The smallest absolute Gasteiger partial charge is 0.338 e. The number of carboxylic acid groups (broad SMARTS) is 3. The van der Waals surface area contributed by atoms with Crippen molar-refractivity contribution >= 4 is 155 Å². The number of aliphatic imine (C=N–C) groups is 3. The fourth-order valence-corrected chi connectivity index (χ4v) is 20.3. The van der Waals surface area contributed by atoms with E-state index in [-0.39, 0.29) is 80.8 Å². The highest BCUT2D eigenvalue weighted by Gasteiger charge is 2.50. The Labute approximate surface area is 667 Å². The molecule has 0 spiro atoms. The van der Waals surface area contributed by atoms with Crippen LogP contribution in [0.4, 0.5) is 13.2 Å². The van der Waals surface area contributed by atoms with Gasteiger partial charge in [-0.2, -0.15) is 11.8 Å². The van der Waals surface area contributed by atoms with Crippen molar-refractivity contribution in [1.82, 2.24) is 50.2 Å². The molecule has 0 amide bonds. The maximum absolute atomic E-state index is 13.9. The lowest BCUT2D eigenvalue weighted by molar-refractivity contribution is -0.149. The summed E-state index contributed by atoms with van der Waals surface area (Å²) in [6.07, 6.45) is 6.59. The first-order chi connectivity index (χ1) is 52.1. The molecular weight excluding hydrogens is 1740 g/mol. The largest absolute Gasteiger partial charge is 0.480 e. The topological polar surface area (TPSA) is 386 Å².